The van der Waals surface area contributed by atoms with Gasteiger partial charge in [0.25, 0.3) is 5.91 Å². The molecule has 166 valence electrons. The first-order chi connectivity index (χ1) is 15.1. The minimum Gasteiger partial charge on any atom is -0.492 e. The summed E-state index contributed by atoms with van der Waals surface area (Å²) >= 11 is 12.1. The third-order valence-electron chi connectivity index (χ3n) is 6.19. The number of amides is 1. The second kappa shape index (κ2) is 10.7. The highest BCUT2D eigenvalue weighted by Crippen LogP contribution is 2.25. The molecule has 2 fully saturated rings. The van der Waals surface area contributed by atoms with Gasteiger partial charge < -0.3 is 9.64 Å². The lowest BCUT2D eigenvalue weighted by Gasteiger charge is -2.43. The van der Waals surface area contributed by atoms with Crippen molar-refractivity contribution < 1.29 is 9.53 Å². The van der Waals surface area contributed by atoms with Crippen molar-refractivity contribution in [3.05, 3.63) is 64.1 Å². The summed E-state index contributed by atoms with van der Waals surface area (Å²) in [4.78, 5) is 19.9. The normalized spacial score (nSPS) is 20.6. The number of nitrogens with zero attached hydrogens (tertiary/aromatic N) is 3. The predicted octanol–water partition coefficient (Wildman–Crippen LogP) is 4.29. The molecule has 0 bridgehead atoms. The fourth-order valence-corrected chi connectivity index (χ4v) is 4.71. The summed E-state index contributed by atoms with van der Waals surface area (Å²) in [6.07, 6.45) is 2.17. The van der Waals surface area contributed by atoms with Crippen molar-refractivity contribution >= 4 is 29.1 Å². The van der Waals surface area contributed by atoms with Crippen LogP contribution in [0.1, 0.15) is 23.2 Å². The van der Waals surface area contributed by atoms with Gasteiger partial charge in [-0.25, -0.2) is 0 Å². The smallest absolute Gasteiger partial charge is 0.253 e. The maximum Gasteiger partial charge on any atom is 0.253 e. The van der Waals surface area contributed by atoms with Crippen molar-refractivity contribution in [1.29, 1.82) is 0 Å². The Labute approximate surface area is 194 Å². The molecule has 0 aliphatic carbocycles. The predicted molar refractivity (Wildman–Crippen MR) is 125 cm³/mol. The van der Waals surface area contributed by atoms with Crippen LogP contribution < -0.4 is 4.74 Å². The molecule has 0 saturated carbocycles. The molecule has 1 unspecified atom stereocenters. The fourth-order valence-electron chi connectivity index (χ4n) is 4.41. The molecule has 4 rings (SSSR count). The Balaban J connectivity index is 1.24. The Morgan fingerprint density at radius 3 is 2.48 bits per heavy atom. The number of carbonyl (C=O) groups is 1. The van der Waals surface area contributed by atoms with Gasteiger partial charge in [-0.05, 0) is 43.2 Å². The summed E-state index contributed by atoms with van der Waals surface area (Å²) in [6.45, 7) is 7.36. The summed E-state index contributed by atoms with van der Waals surface area (Å²) < 4.78 is 5.83. The Hall–Kier alpha value is -1.79. The lowest BCUT2D eigenvalue weighted by Crippen LogP contribution is -2.56. The minimum atomic E-state index is 0.0416. The Morgan fingerprint density at radius 1 is 0.968 bits per heavy atom. The van der Waals surface area contributed by atoms with Gasteiger partial charge in [0.15, 0.2) is 0 Å². The van der Waals surface area contributed by atoms with Gasteiger partial charge in [0, 0.05) is 57.4 Å². The van der Waals surface area contributed by atoms with E-state index in [4.69, 9.17) is 27.9 Å². The summed E-state index contributed by atoms with van der Waals surface area (Å²) in [6, 6.07) is 15.5. The van der Waals surface area contributed by atoms with Gasteiger partial charge in [-0.15, -0.1) is 0 Å². The molecule has 2 aliphatic heterocycles. The maximum atomic E-state index is 13.0. The average Bonchev–Trinajstić information content (AvgIpc) is 2.82. The van der Waals surface area contributed by atoms with Crippen LogP contribution in [0.3, 0.4) is 0 Å². The van der Waals surface area contributed by atoms with E-state index in [1.807, 2.05) is 35.2 Å². The van der Waals surface area contributed by atoms with E-state index in [0.717, 1.165) is 64.4 Å². The molecule has 0 spiro atoms. The first-order valence-electron chi connectivity index (χ1n) is 11.0. The highest BCUT2D eigenvalue weighted by atomic mass is 35.5. The number of rotatable bonds is 6. The molecule has 0 aromatic heterocycles. The molecule has 0 radical (unpaired) electrons. The van der Waals surface area contributed by atoms with Crippen LogP contribution >= 0.6 is 23.2 Å². The van der Waals surface area contributed by atoms with Crippen molar-refractivity contribution in [3.8, 4) is 5.75 Å². The molecule has 2 aromatic rings. The van der Waals surface area contributed by atoms with Crippen LogP contribution in [0.15, 0.2) is 48.5 Å². The molecule has 5 nitrogen and oxygen atoms in total. The highest BCUT2D eigenvalue weighted by molar-refractivity contribution is 6.42. The van der Waals surface area contributed by atoms with Crippen LogP contribution in [0.2, 0.25) is 10.0 Å². The first kappa shape index (κ1) is 22.4. The zero-order valence-corrected chi connectivity index (χ0v) is 19.2. The molecule has 1 atom stereocenters. The van der Waals surface area contributed by atoms with Crippen molar-refractivity contribution in [2.75, 3.05) is 52.4 Å². The number of likely N-dealkylation sites (tertiary alicyclic amines) is 1. The van der Waals surface area contributed by atoms with Crippen LogP contribution in [0.5, 0.6) is 5.75 Å². The van der Waals surface area contributed by atoms with Crippen LogP contribution in [0.25, 0.3) is 0 Å². The summed E-state index contributed by atoms with van der Waals surface area (Å²) in [7, 11) is 0. The summed E-state index contributed by atoms with van der Waals surface area (Å²) in [5.41, 5.74) is 0.610. The summed E-state index contributed by atoms with van der Waals surface area (Å²) in [5, 5.41) is 0.898. The van der Waals surface area contributed by atoms with Gasteiger partial charge in [-0.2, -0.15) is 0 Å². The molecule has 2 saturated heterocycles. The SMILES string of the molecule is O=C(c1ccc(Cl)c(Cl)c1)N1CCCC(N2CCN(CCOc3ccccc3)CC2)C1. The van der Waals surface area contributed by atoms with E-state index >= 15 is 0 Å². The third kappa shape index (κ3) is 5.92. The van der Waals surface area contributed by atoms with Crippen LogP contribution in [-0.4, -0.2) is 79.1 Å². The number of piperazine rings is 1. The minimum absolute atomic E-state index is 0.0416. The van der Waals surface area contributed by atoms with E-state index in [9.17, 15) is 4.79 Å². The van der Waals surface area contributed by atoms with Gasteiger partial charge >= 0.3 is 0 Å². The van der Waals surface area contributed by atoms with E-state index < -0.39 is 0 Å². The number of halogens is 2. The van der Waals surface area contributed by atoms with Crippen molar-refractivity contribution in [2.24, 2.45) is 0 Å². The van der Waals surface area contributed by atoms with E-state index in [1.54, 1.807) is 18.2 Å². The Kier molecular flexibility index (Phi) is 7.72. The number of piperidine rings is 1. The molecule has 31 heavy (non-hydrogen) atoms. The van der Waals surface area contributed by atoms with Gasteiger partial charge in [-0.3, -0.25) is 14.6 Å². The number of carbonyl (C=O) groups excluding carboxylic acids is 1. The lowest BCUT2D eigenvalue weighted by molar-refractivity contribution is 0.0399. The number of hydrogen-bond donors (Lipinski definition) is 0. The third-order valence-corrected chi connectivity index (χ3v) is 6.93. The Morgan fingerprint density at radius 2 is 1.74 bits per heavy atom. The van der Waals surface area contributed by atoms with Crippen molar-refractivity contribution in [3.63, 3.8) is 0 Å². The van der Waals surface area contributed by atoms with E-state index in [-0.39, 0.29) is 5.91 Å². The molecular weight excluding hydrogens is 433 g/mol. The van der Waals surface area contributed by atoms with E-state index in [0.29, 0.717) is 28.3 Å². The number of ether oxygens (including phenoxy) is 1. The molecule has 2 aromatic carbocycles. The monoisotopic (exact) mass is 461 g/mol. The topological polar surface area (TPSA) is 36.0 Å². The van der Waals surface area contributed by atoms with Gasteiger partial charge in [0.05, 0.1) is 10.0 Å². The van der Waals surface area contributed by atoms with Crippen LogP contribution in [-0.2, 0) is 0 Å². The first-order valence-corrected chi connectivity index (χ1v) is 11.7. The molecular formula is C24H29Cl2N3O2. The zero-order valence-electron chi connectivity index (χ0n) is 17.7. The number of para-hydroxylation sites is 1. The summed E-state index contributed by atoms with van der Waals surface area (Å²) in [5.74, 6) is 0.968. The molecule has 7 heteroatoms. The van der Waals surface area contributed by atoms with Gasteiger partial charge in [0.1, 0.15) is 12.4 Å². The van der Waals surface area contributed by atoms with Gasteiger partial charge in [0.2, 0.25) is 0 Å². The quantitative estimate of drug-likeness (QED) is 0.642. The largest absolute Gasteiger partial charge is 0.492 e. The standard InChI is InChI=1S/C24H29Cl2N3O2/c25-22-9-8-19(17-23(22)26)24(30)29-10-4-5-20(18-29)28-13-11-27(12-14-28)15-16-31-21-6-2-1-3-7-21/h1-3,6-9,17,20H,4-5,10-16,18H2. The molecule has 2 heterocycles. The van der Waals surface area contributed by atoms with E-state index in [2.05, 4.69) is 9.80 Å². The van der Waals surface area contributed by atoms with Crippen molar-refractivity contribution in [1.82, 2.24) is 14.7 Å². The van der Waals surface area contributed by atoms with Crippen molar-refractivity contribution in [2.45, 2.75) is 18.9 Å². The zero-order chi connectivity index (χ0) is 21.6. The lowest BCUT2D eigenvalue weighted by atomic mass is 10.0. The average molecular weight is 462 g/mol. The fraction of sp³-hybridized carbons (Fsp3) is 0.458. The van der Waals surface area contributed by atoms with Crippen LogP contribution in [0.4, 0.5) is 0 Å². The van der Waals surface area contributed by atoms with Crippen LogP contribution in [0, 0.1) is 0 Å². The second-order valence-electron chi connectivity index (χ2n) is 8.22. The molecule has 0 N–H and O–H groups in total. The second-order valence-corrected chi connectivity index (χ2v) is 9.03. The maximum absolute atomic E-state index is 13.0. The van der Waals surface area contributed by atoms with E-state index in [1.165, 1.54) is 0 Å². The Bertz CT molecular complexity index is 872. The number of hydrogen-bond acceptors (Lipinski definition) is 4. The molecule has 2 aliphatic rings. The van der Waals surface area contributed by atoms with Gasteiger partial charge in [-0.1, -0.05) is 41.4 Å². The number of benzene rings is 2. The molecule has 1 amide bonds. The highest BCUT2D eigenvalue weighted by Gasteiger charge is 2.30.